The average Bonchev–Trinajstić information content (AvgIpc) is 2.16. The topological polar surface area (TPSA) is 32.3 Å². The zero-order valence-corrected chi connectivity index (χ0v) is 8.89. The van der Waals surface area contributed by atoms with E-state index in [-0.39, 0.29) is 5.41 Å². The van der Waals surface area contributed by atoms with Gasteiger partial charge in [-0.05, 0) is 32.9 Å². The van der Waals surface area contributed by atoms with Crippen molar-refractivity contribution in [1.82, 2.24) is 10.2 Å². The molecule has 1 aliphatic heterocycles. The fourth-order valence-corrected chi connectivity index (χ4v) is 1.80. The maximum Gasteiger partial charge on any atom is 0.228 e. The number of nitrogens with zero attached hydrogens (tertiary/aromatic N) is 1. The van der Waals surface area contributed by atoms with Gasteiger partial charge in [-0.25, -0.2) is 0 Å². The van der Waals surface area contributed by atoms with Crippen molar-refractivity contribution in [1.29, 1.82) is 0 Å². The zero-order chi connectivity index (χ0) is 9.90. The summed E-state index contributed by atoms with van der Waals surface area (Å²) in [4.78, 5) is 13.8. The number of hydrogen-bond donors (Lipinski definition) is 1. The Balaban J connectivity index is 2.61. The molecular formula is C10H20N2O. The van der Waals surface area contributed by atoms with Crippen LogP contribution in [0.15, 0.2) is 0 Å². The predicted octanol–water partition coefficient (Wildman–Crippen LogP) is 0.854. The van der Waals surface area contributed by atoms with Crippen molar-refractivity contribution in [2.75, 3.05) is 26.7 Å². The minimum Gasteiger partial charge on any atom is -0.346 e. The standard InChI is InChI=1S/C10H20N2O/c1-4-12(3)9(13)10(2)5-7-11-8-6-10/h11H,4-8H2,1-3H3. The molecular weight excluding hydrogens is 164 g/mol. The van der Waals surface area contributed by atoms with E-state index >= 15 is 0 Å². The fourth-order valence-electron chi connectivity index (χ4n) is 1.80. The first kappa shape index (κ1) is 10.5. The molecule has 0 bridgehead atoms. The SMILES string of the molecule is CCN(C)C(=O)C1(C)CCNCC1. The van der Waals surface area contributed by atoms with Gasteiger partial charge in [0.15, 0.2) is 0 Å². The minimum atomic E-state index is -0.115. The van der Waals surface area contributed by atoms with Crippen LogP contribution in [0.5, 0.6) is 0 Å². The van der Waals surface area contributed by atoms with Crippen molar-refractivity contribution < 1.29 is 4.79 Å². The molecule has 13 heavy (non-hydrogen) atoms. The van der Waals surface area contributed by atoms with Crippen LogP contribution in [-0.2, 0) is 4.79 Å². The van der Waals surface area contributed by atoms with E-state index in [1.54, 1.807) is 0 Å². The lowest BCUT2D eigenvalue weighted by molar-refractivity contribution is -0.141. The number of carbonyl (C=O) groups is 1. The molecule has 76 valence electrons. The number of rotatable bonds is 2. The molecule has 1 aliphatic rings. The summed E-state index contributed by atoms with van der Waals surface area (Å²) in [6, 6.07) is 0. The van der Waals surface area contributed by atoms with Gasteiger partial charge in [-0.3, -0.25) is 4.79 Å². The van der Waals surface area contributed by atoms with Gasteiger partial charge in [0.1, 0.15) is 0 Å². The maximum atomic E-state index is 11.9. The molecule has 0 radical (unpaired) electrons. The van der Waals surface area contributed by atoms with Crippen LogP contribution in [0.3, 0.4) is 0 Å². The van der Waals surface area contributed by atoms with E-state index < -0.39 is 0 Å². The molecule has 1 saturated heterocycles. The third-order valence-corrected chi connectivity index (χ3v) is 3.04. The first-order valence-corrected chi connectivity index (χ1v) is 5.06. The van der Waals surface area contributed by atoms with Crippen molar-refractivity contribution in [3.63, 3.8) is 0 Å². The molecule has 0 aliphatic carbocycles. The molecule has 0 atom stereocenters. The highest BCUT2D eigenvalue weighted by Gasteiger charge is 2.35. The van der Waals surface area contributed by atoms with Gasteiger partial charge in [0.2, 0.25) is 5.91 Å². The molecule has 1 heterocycles. The van der Waals surface area contributed by atoms with E-state index in [9.17, 15) is 4.79 Å². The van der Waals surface area contributed by atoms with E-state index in [0.29, 0.717) is 5.91 Å². The molecule has 1 rings (SSSR count). The van der Waals surface area contributed by atoms with Gasteiger partial charge in [0.25, 0.3) is 0 Å². The van der Waals surface area contributed by atoms with Gasteiger partial charge in [0, 0.05) is 19.0 Å². The number of amides is 1. The summed E-state index contributed by atoms with van der Waals surface area (Å²) >= 11 is 0. The number of carbonyl (C=O) groups excluding carboxylic acids is 1. The van der Waals surface area contributed by atoms with Crippen LogP contribution >= 0.6 is 0 Å². The number of nitrogens with one attached hydrogen (secondary N) is 1. The van der Waals surface area contributed by atoms with E-state index in [2.05, 4.69) is 12.2 Å². The second-order valence-electron chi connectivity index (χ2n) is 4.13. The van der Waals surface area contributed by atoms with Gasteiger partial charge in [-0.2, -0.15) is 0 Å². The highest BCUT2D eigenvalue weighted by atomic mass is 16.2. The summed E-state index contributed by atoms with van der Waals surface area (Å²) < 4.78 is 0. The number of hydrogen-bond acceptors (Lipinski definition) is 2. The Hall–Kier alpha value is -0.570. The Bertz CT molecular complexity index is 185. The summed E-state index contributed by atoms with van der Waals surface area (Å²) in [5.41, 5.74) is -0.115. The van der Waals surface area contributed by atoms with E-state index in [0.717, 1.165) is 32.5 Å². The van der Waals surface area contributed by atoms with Gasteiger partial charge < -0.3 is 10.2 Å². The van der Waals surface area contributed by atoms with Gasteiger partial charge in [-0.1, -0.05) is 6.92 Å². The lowest BCUT2D eigenvalue weighted by atomic mass is 9.80. The summed E-state index contributed by atoms with van der Waals surface area (Å²) in [5, 5.41) is 3.28. The summed E-state index contributed by atoms with van der Waals surface area (Å²) in [7, 11) is 1.88. The maximum absolute atomic E-state index is 11.9. The predicted molar refractivity (Wildman–Crippen MR) is 53.5 cm³/mol. The fraction of sp³-hybridized carbons (Fsp3) is 0.900. The molecule has 3 heteroatoms. The largest absolute Gasteiger partial charge is 0.346 e. The normalized spacial score (nSPS) is 21.2. The van der Waals surface area contributed by atoms with Crippen LogP contribution in [0.4, 0.5) is 0 Å². The Morgan fingerprint density at radius 2 is 2.00 bits per heavy atom. The highest BCUT2D eigenvalue weighted by molar-refractivity contribution is 5.82. The van der Waals surface area contributed by atoms with Crippen LogP contribution in [0.25, 0.3) is 0 Å². The molecule has 0 spiro atoms. The third-order valence-electron chi connectivity index (χ3n) is 3.04. The molecule has 1 amide bonds. The van der Waals surface area contributed by atoms with Crippen LogP contribution in [-0.4, -0.2) is 37.5 Å². The zero-order valence-electron chi connectivity index (χ0n) is 8.89. The number of piperidine rings is 1. The smallest absolute Gasteiger partial charge is 0.228 e. The van der Waals surface area contributed by atoms with Crippen molar-refractivity contribution in [3.8, 4) is 0 Å². The molecule has 3 nitrogen and oxygen atoms in total. The van der Waals surface area contributed by atoms with Crippen LogP contribution in [0.2, 0.25) is 0 Å². The van der Waals surface area contributed by atoms with Crippen molar-refractivity contribution >= 4 is 5.91 Å². The molecule has 0 saturated carbocycles. The monoisotopic (exact) mass is 184 g/mol. The molecule has 0 aromatic rings. The molecule has 0 aromatic heterocycles. The quantitative estimate of drug-likeness (QED) is 0.690. The van der Waals surface area contributed by atoms with E-state index in [4.69, 9.17) is 0 Å². The van der Waals surface area contributed by atoms with Crippen LogP contribution in [0.1, 0.15) is 26.7 Å². The summed E-state index contributed by atoms with van der Waals surface area (Å²) in [5.74, 6) is 0.302. The Morgan fingerprint density at radius 3 is 2.46 bits per heavy atom. The first-order valence-electron chi connectivity index (χ1n) is 5.06. The van der Waals surface area contributed by atoms with Crippen molar-refractivity contribution in [2.24, 2.45) is 5.41 Å². The van der Waals surface area contributed by atoms with Gasteiger partial charge in [0.05, 0.1) is 0 Å². The van der Waals surface area contributed by atoms with E-state index in [1.807, 2.05) is 18.9 Å². The average molecular weight is 184 g/mol. The first-order chi connectivity index (χ1) is 6.10. The highest BCUT2D eigenvalue weighted by Crippen LogP contribution is 2.29. The minimum absolute atomic E-state index is 0.115. The Morgan fingerprint density at radius 1 is 1.46 bits per heavy atom. The Kier molecular flexibility index (Phi) is 3.31. The summed E-state index contributed by atoms with van der Waals surface area (Å²) in [6.07, 6.45) is 1.94. The third kappa shape index (κ3) is 2.21. The second-order valence-corrected chi connectivity index (χ2v) is 4.13. The van der Waals surface area contributed by atoms with Crippen LogP contribution in [0, 0.1) is 5.41 Å². The van der Waals surface area contributed by atoms with Gasteiger partial charge in [-0.15, -0.1) is 0 Å². The van der Waals surface area contributed by atoms with Crippen molar-refractivity contribution in [2.45, 2.75) is 26.7 Å². The van der Waals surface area contributed by atoms with Crippen molar-refractivity contribution in [3.05, 3.63) is 0 Å². The second kappa shape index (κ2) is 4.09. The van der Waals surface area contributed by atoms with Crippen LogP contribution < -0.4 is 5.32 Å². The molecule has 1 fully saturated rings. The Labute approximate surface area is 80.5 Å². The molecule has 0 aromatic carbocycles. The van der Waals surface area contributed by atoms with Gasteiger partial charge >= 0.3 is 0 Å². The lowest BCUT2D eigenvalue weighted by Crippen LogP contribution is -2.46. The molecule has 0 unspecified atom stereocenters. The summed E-state index contributed by atoms with van der Waals surface area (Å²) in [6.45, 7) is 6.85. The lowest BCUT2D eigenvalue weighted by Gasteiger charge is -2.35. The van der Waals surface area contributed by atoms with E-state index in [1.165, 1.54) is 0 Å². The molecule has 1 N–H and O–H groups in total.